The van der Waals surface area contributed by atoms with Crippen molar-refractivity contribution in [2.24, 2.45) is 0 Å². The molecule has 0 aliphatic carbocycles. The minimum atomic E-state index is 0.703. The standard InChI is InChI=1S/C11H20N4/c1-4-11(13-6-1)10-12-5-2-8-15-9-3-7-14-15/h3,7,9,11-13H,1-2,4-6,8,10H2. The van der Waals surface area contributed by atoms with Crippen LogP contribution in [0.25, 0.3) is 0 Å². The van der Waals surface area contributed by atoms with Crippen LogP contribution in [0.3, 0.4) is 0 Å². The fourth-order valence-corrected chi connectivity index (χ4v) is 2.01. The molecule has 1 atom stereocenters. The minimum Gasteiger partial charge on any atom is -0.315 e. The Bertz CT molecular complexity index is 252. The molecule has 1 aromatic rings. The van der Waals surface area contributed by atoms with Crippen molar-refractivity contribution in [3.8, 4) is 0 Å². The fraction of sp³-hybridized carbons (Fsp3) is 0.727. The molecular formula is C11H20N4. The smallest absolute Gasteiger partial charge is 0.0489 e. The molecule has 1 saturated heterocycles. The van der Waals surface area contributed by atoms with Crippen molar-refractivity contribution in [2.75, 3.05) is 19.6 Å². The average Bonchev–Trinajstić information content (AvgIpc) is 2.88. The average molecular weight is 208 g/mol. The van der Waals surface area contributed by atoms with E-state index in [-0.39, 0.29) is 0 Å². The summed E-state index contributed by atoms with van der Waals surface area (Å²) in [4.78, 5) is 0. The molecule has 0 amide bonds. The zero-order chi connectivity index (χ0) is 10.3. The number of hydrogen-bond acceptors (Lipinski definition) is 3. The maximum Gasteiger partial charge on any atom is 0.0489 e. The van der Waals surface area contributed by atoms with Crippen LogP contribution in [-0.2, 0) is 6.54 Å². The van der Waals surface area contributed by atoms with Crippen molar-refractivity contribution in [3.63, 3.8) is 0 Å². The van der Waals surface area contributed by atoms with E-state index in [9.17, 15) is 0 Å². The molecule has 1 aliphatic rings. The van der Waals surface area contributed by atoms with Crippen LogP contribution in [0.5, 0.6) is 0 Å². The van der Waals surface area contributed by atoms with Crippen LogP contribution >= 0.6 is 0 Å². The summed E-state index contributed by atoms with van der Waals surface area (Å²) >= 11 is 0. The van der Waals surface area contributed by atoms with Crippen molar-refractivity contribution in [3.05, 3.63) is 18.5 Å². The summed E-state index contributed by atoms with van der Waals surface area (Å²) in [5.74, 6) is 0. The Morgan fingerprint density at radius 1 is 1.53 bits per heavy atom. The van der Waals surface area contributed by atoms with Crippen molar-refractivity contribution >= 4 is 0 Å². The van der Waals surface area contributed by atoms with E-state index in [0.29, 0.717) is 6.04 Å². The Morgan fingerprint density at radius 3 is 3.27 bits per heavy atom. The molecule has 84 valence electrons. The molecule has 2 N–H and O–H groups in total. The molecular weight excluding hydrogens is 188 g/mol. The lowest BCUT2D eigenvalue weighted by Gasteiger charge is -2.11. The van der Waals surface area contributed by atoms with E-state index in [1.165, 1.54) is 19.4 Å². The lowest BCUT2D eigenvalue weighted by atomic mass is 10.2. The predicted octanol–water partition coefficient (Wildman–Crippen LogP) is 0.615. The van der Waals surface area contributed by atoms with Crippen LogP contribution < -0.4 is 10.6 Å². The third kappa shape index (κ3) is 3.64. The lowest BCUT2D eigenvalue weighted by Crippen LogP contribution is -2.34. The summed E-state index contributed by atoms with van der Waals surface area (Å²) in [5, 5.41) is 11.1. The monoisotopic (exact) mass is 208 g/mol. The molecule has 4 nitrogen and oxygen atoms in total. The van der Waals surface area contributed by atoms with Gasteiger partial charge in [-0.2, -0.15) is 5.10 Å². The first-order valence-corrected chi connectivity index (χ1v) is 5.87. The third-order valence-corrected chi connectivity index (χ3v) is 2.85. The van der Waals surface area contributed by atoms with Crippen molar-refractivity contribution in [1.82, 2.24) is 20.4 Å². The number of nitrogens with one attached hydrogen (secondary N) is 2. The molecule has 1 aromatic heterocycles. The van der Waals surface area contributed by atoms with E-state index < -0.39 is 0 Å². The third-order valence-electron chi connectivity index (χ3n) is 2.85. The number of aryl methyl sites for hydroxylation is 1. The molecule has 4 heteroatoms. The highest BCUT2D eigenvalue weighted by atomic mass is 15.3. The maximum atomic E-state index is 4.17. The first-order valence-electron chi connectivity index (χ1n) is 5.87. The summed E-state index contributed by atoms with van der Waals surface area (Å²) in [6.45, 7) is 4.40. The number of nitrogens with zero attached hydrogens (tertiary/aromatic N) is 2. The topological polar surface area (TPSA) is 41.9 Å². The zero-order valence-corrected chi connectivity index (χ0v) is 9.15. The number of rotatable bonds is 6. The molecule has 0 radical (unpaired) electrons. The lowest BCUT2D eigenvalue weighted by molar-refractivity contribution is 0.500. The van der Waals surface area contributed by atoms with Gasteiger partial charge in [-0.15, -0.1) is 0 Å². The van der Waals surface area contributed by atoms with Gasteiger partial charge in [-0.3, -0.25) is 4.68 Å². The van der Waals surface area contributed by atoms with Crippen molar-refractivity contribution in [2.45, 2.75) is 31.8 Å². The Labute approximate surface area is 91.1 Å². The van der Waals surface area contributed by atoms with E-state index in [0.717, 1.165) is 26.1 Å². The van der Waals surface area contributed by atoms with Gasteiger partial charge in [-0.1, -0.05) is 0 Å². The summed E-state index contributed by atoms with van der Waals surface area (Å²) in [6, 6.07) is 2.67. The molecule has 15 heavy (non-hydrogen) atoms. The van der Waals surface area contributed by atoms with Gasteiger partial charge in [0.15, 0.2) is 0 Å². The van der Waals surface area contributed by atoms with Crippen LogP contribution in [0.1, 0.15) is 19.3 Å². The van der Waals surface area contributed by atoms with E-state index in [4.69, 9.17) is 0 Å². The van der Waals surface area contributed by atoms with Crippen LogP contribution in [0, 0.1) is 0 Å². The fourth-order valence-electron chi connectivity index (χ4n) is 2.01. The highest BCUT2D eigenvalue weighted by Crippen LogP contribution is 2.02. The molecule has 0 bridgehead atoms. The minimum absolute atomic E-state index is 0.703. The Balaban J connectivity index is 1.48. The first kappa shape index (κ1) is 10.6. The van der Waals surface area contributed by atoms with Gasteiger partial charge >= 0.3 is 0 Å². The highest BCUT2D eigenvalue weighted by Gasteiger charge is 2.12. The van der Waals surface area contributed by atoms with E-state index in [1.807, 2.05) is 23.1 Å². The van der Waals surface area contributed by atoms with Crippen LogP contribution in [0.4, 0.5) is 0 Å². The van der Waals surface area contributed by atoms with Gasteiger partial charge in [0.2, 0.25) is 0 Å². The van der Waals surface area contributed by atoms with Crippen molar-refractivity contribution in [1.29, 1.82) is 0 Å². The normalized spacial score (nSPS) is 20.9. The van der Waals surface area contributed by atoms with Gasteiger partial charge in [0.1, 0.15) is 0 Å². The second-order valence-electron chi connectivity index (χ2n) is 4.12. The second-order valence-corrected chi connectivity index (χ2v) is 4.12. The van der Waals surface area contributed by atoms with Gasteiger partial charge in [0, 0.05) is 31.5 Å². The Morgan fingerprint density at radius 2 is 2.53 bits per heavy atom. The largest absolute Gasteiger partial charge is 0.315 e. The van der Waals surface area contributed by atoms with E-state index >= 15 is 0 Å². The van der Waals surface area contributed by atoms with Gasteiger partial charge in [-0.05, 0) is 38.4 Å². The molecule has 1 aliphatic heterocycles. The highest BCUT2D eigenvalue weighted by molar-refractivity contribution is 4.78. The first-order chi connectivity index (χ1) is 7.45. The summed E-state index contributed by atoms with van der Waals surface area (Å²) < 4.78 is 1.98. The van der Waals surface area contributed by atoms with Crippen molar-refractivity contribution < 1.29 is 0 Å². The Kier molecular flexibility index (Phi) is 4.17. The summed E-state index contributed by atoms with van der Waals surface area (Å²) in [7, 11) is 0. The van der Waals surface area contributed by atoms with E-state index in [2.05, 4.69) is 15.7 Å². The molecule has 1 fully saturated rings. The summed E-state index contributed by atoms with van der Waals surface area (Å²) in [6.07, 6.45) is 7.65. The number of aromatic nitrogens is 2. The summed E-state index contributed by atoms with van der Waals surface area (Å²) in [5.41, 5.74) is 0. The van der Waals surface area contributed by atoms with Gasteiger partial charge in [0.05, 0.1) is 0 Å². The SMILES string of the molecule is c1cnn(CCCNCC2CCCN2)c1. The molecule has 0 aromatic carbocycles. The maximum absolute atomic E-state index is 4.17. The Hall–Kier alpha value is -0.870. The molecule has 1 unspecified atom stereocenters. The number of hydrogen-bond donors (Lipinski definition) is 2. The van der Waals surface area contributed by atoms with Gasteiger partial charge in [-0.25, -0.2) is 0 Å². The zero-order valence-electron chi connectivity index (χ0n) is 9.15. The second kappa shape index (κ2) is 5.88. The van der Waals surface area contributed by atoms with Crippen LogP contribution in [0.15, 0.2) is 18.5 Å². The molecule has 0 saturated carbocycles. The van der Waals surface area contributed by atoms with Gasteiger partial charge < -0.3 is 10.6 Å². The molecule has 2 rings (SSSR count). The van der Waals surface area contributed by atoms with Gasteiger partial charge in [0.25, 0.3) is 0 Å². The molecule has 0 spiro atoms. The van der Waals surface area contributed by atoms with Crippen LogP contribution in [0.2, 0.25) is 0 Å². The predicted molar refractivity (Wildman–Crippen MR) is 60.7 cm³/mol. The van der Waals surface area contributed by atoms with Crippen LogP contribution in [-0.4, -0.2) is 35.5 Å². The molecule has 2 heterocycles. The quantitative estimate of drug-likeness (QED) is 0.673. The van der Waals surface area contributed by atoms with E-state index in [1.54, 1.807) is 0 Å².